The van der Waals surface area contributed by atoms with Crippen molar-refractivity contribution < 1.29 is 47.2 Å². The maximum Gasteiger partial charge on any atom is 0.306 e. The van der Waals surface area contributed by atoms with Crippen molar-refractivity contribution in [3.63, 3.8) is 0 Å². The number of nitrogens with zero attached hydrogens (tertiary/aromatic N) is 1. The quantitative estimate of drug-likeness (QED) is 0.0164. The Hall–Kier alpha value is -3.11. The number of quaternary nitrogens is 1. The van der Waals surface area contributed by atoms with Crippen LogP contribution >= 0.6 is 7.82 Å². The number of likely N-dealkylation sites (N-methyl/N-ethyl adjacent to an activating group) is 1. The van der Waals surface area contributed by atoms with Gasteiger partial charge in [0.15, 0.2) is 6.10 Å². The molecule has 0 rings (SSSR count). The van der Waals surface area contributed by atoms with E-state index >= 15 is 0 Å². The predicted molar refractivity (Wildman–Crippen MR) is 232 cm³/mol. The van der Waals surface area contributed by atoms with Crippen LogP contribution in [-0.4, -0.2) is 81.2 Å². The van der Waals surface area contributed by atoms with Crippen LogP contribution in [0.25, 0.3) is 0 Å². The molecule has 0 aliphatic rings. The summed E-state index contributed by atoms with van der Waals surface area (Å²) in [6, 6.07) is 0. The van der Waals surface area contributed by atoms with E-state index < -0.39 is 38.6 Å². The first kappa shape index (κ1) is 53.9. The Morgan fingerprint density at radius 3 is 1.86 bits per heavy atom. The highest BCUT2D eigenvalue weighted by atomic mass is 31.2. The standard InChI is InChI=1S/C46H76NO9P/c1-6-8-10-12-14-15-16-17-18-19-20-21-25-29-33-37-45(49)53-41-44(42-55-57(51,52)54-40-39-47(3,4)5)56-46(50)38-34-30-26-23-22-24-28-32-36-43(48)35-31-27-13-11-9-7-2/h9,11,14-15,17-18,20-21,23-24,26-28,31-32,36,43-44,48H,6-8,10,12-13,16,19,22,25,29-30,33-35,37-42H2,1-5H3/b11-9-,15-14-,18-17-,21-20-,26-23-,28-24-,31-27-,36-32+/t43?,44-/m1/s1. The Morgan fingerprint density at radius 1 is 0.667 bits per heavy atom. The number of aliphatic hydroxyl groups is 1. The highest BCUT2D eigenvalue weighted by Crippen LogP contribution is 2.38. The van der Waals surface area contributed by atoms with Crippen LogP contribution in [0.2, 0.25) is 0 Å². The molecule has 0 spiro atoms. The molecule has 1 N–H and O–H groups in total. The molecule has 0 amide bonds. The van der Waals surface area contributed by atoms with Gasteiger partial charge in [-0.15, -0.1) is 0 Å². The Labute approximate surface area is 346 Å². The molecule has 0 aromatic rings. The van der Waals surface area contributed by atoms with E-state index in [0.717, 1.165) is 44.9 Å². The van der Waals surface area contributed by atoms with E-state index in [9.17, 15) is 24.2 Å². The zero-order valence-electron chi connectivity index (χ0n) is 35.8. The van der Waals surface area contributed by atoms with Gasteiger partial charge in [0, 0.05) is 12.8 Å². The van der Waals surface area contributed by atoms with Gasteiger partial charge >= 0.3 is 11.9 Å². The minimum Gasteiger partial charge on any atom is -0.756 e. The molecule has 0 radical (unpaired) electrons. The highest BCUT2D eigenvalue weighted by molar-refractivity contribution is 7.45. The number of phosphoric acid groups is 1. The van der Waals surface area contributed by atoms with E-state index in [-0.39, 0.29) is 26.1 Å². The summed E-state index contributed by atoms with van der Waals surface area (Å²) in [6.45, 7) is 3.84. The van der Waals surface area contributed by atoms with Gasteiger partial charge in [0.05, 0.1) is 33.9 Å². The lowest BCUT2D eigenvalue weighted by atomic mass is 10.1. The molecule has 0 aliphatic heterocycles. The van der Waals surface area contributed by atoms with Crippen LogP contribution in [-0.2, 0) is 32.7 Å². The van der Waals surface area contributed by atoms with Crippen LogP contribution in [0.5, 0.6) is 0 Å². The van der Waals surface area contributed by atoms with Crippen molar-refractivity contribution in [2.75, 3.05) is 47.5 Å². The van der Waals surface area contributed by atoms with Gasteiger partial charge in [0.2, 0.25) is 0 Å². The van der Waals surface area contributed by atoms with Crippen LogP contribution in [0, 0.1) is 0 Å². The molecule has 324 valence electrons. The molecule has 0 saturated carbocycles. The zero-order valence-corrected chi connectivity index (χ0v) is 36.7. The van der Waals surface area contributed by atoms with Gasteiger partial charge in [-0.25, -0.2) is 0 Å². The molecule has 57 heavy (non-hydrogen) atoms. The summed E-state index contributed by atoms with van der Waals surface area (Å²) in [7, 11) is 1.05. The minimum atomic E-state index is -4.67. The van der Waals surface area contributed by atoms with Crippen LogP contribution in [0.15, 0.2) is 97.2 Å². The van der Waals surface area contributed by atoms with Gasteiger partial charge in [-0.1, -0.05) is 124 Å². The zero-order chi connectivity index (χ0) is 42.3. The minimum absolute atomic E-state index is 0.0644. The number of hydrogen-bond acceptors (Lipinski definition) is 9. The number of carbonyl (C=O) groups excluding carboxylic acids is 2. The number of esters is 2. The average molecular weight is 818 g/mol. The lowest BCUT2D eigenvalue weighted by Crippen LogP contribution is -2.37. The van der Waals surface area contributed by atoms with E-state index in [2.05, 4.69) is 62.5 Å². The molecule has 2 unspecified atom stereocenters. The first-order valence-electron chi connectivity index (χ1n) is 21.1. The number of unbranched alkanes of at least 4 members (excludes halogenated alkanes) is 6. The number of phosphoric ester groups is 1. The number of allylic oxidation sites excluding steroid dienone is 14. The Balaban J connectivity index is 4.65. The van der Waals surface area contributed by atoms with Crippen LogP contribution in [0.4, 0.5) is 0 Å². The summed E-state index contributed by atoms with van der Waals surface area (Å²) in [4.78, 5) is 37.4. The van der Waals surface area contributed by atoms with Gasteiger partial charge in [-0.2, -0.15) is 0 Å². The average Bonchev–Trinajstić information content (AvgIpc) is 3.15. The van der Waals surface area contributed by atoms with Gasteiger partial charge in [-0.05, 0) is 83.5 Å². The van der Waals surface area contributed by atoms with E-state index in [0.29, 0.717) is 43.1 Å². The molecule has 0 aliphatic carbocycles. The van der Waals surface area contributed by atoms with E-state index in [1.54, 1.807) is 6.08 Å². The van der Waals surface area contributed by atoms with Crippen LogP contribution in [0.1, 0.15) is 123 Å². The van der Waals surface area contributed by atoms with Gasteiger partial charge in [0.25, 0.3) is 7.82 Å². The van der Waals surface area contributed by atoms with Crippen molar-refractivity contribution >= 4 is 19.8 Å². The van der Waals surface area contributed by atoms with Crippen molar-refractivity contribution in [2.45, 2.75) is 135 Å². The van der Waals surface area contributed by atoms with Gasteiger partial charge in [-0.3, -0.25) is 14.2 Å². The van der Waals surface area contributed by atoms with Crippen LogP contribution in [0.3, 0.4) is 0 Å². The fourth-order valence-electron chi connectivity index (χ4n) is 4.84. The summed E-state index contributed by atoms with van der Waals surface area (Å²) < 4.78 is 33.7. The predicted octanol–water partition coefficient (Wildman–Crippen LogP) is 10.1. The summed E-state index contributed by atoms with van der Waals surface area (Å²) in [5.41, 5.74) is 0. The largest absolute Gasteiger partial charge is 0.756 e. The topological polar surface area (TPSA) is 131 Å². The number of hydrogen-bond donors (Lipinski definition) is 1. The number of rotatable bonds is 36. The lowest BCUT2D eigenvalue weighted by Gasteiger charge is -2.28. The van der Waals surface area contributed by atoms with E-state index in [4.69, 9.17) is 18.5 Å². The molecule has 11 heteroatoms. The maximum absolute atomic E-state index is 12.6. The van der Waals surface area contributed by atoms with E-state index in [1.165, 1.54) is 19.3 Å². The second-order valence-electron chi connectivity index (χ2n) is 14.8. The third-order valence-corrected chi connectivity index (χ3v) is 9.13. The van der Waals surface area contributed by atoms with Crippen LogP contribution < -0.4 is 4.89 Å². The monoisotopic (exact) mass is 818 g/mol. The first-order chi connectivity index (χ1) is 27.4. The summed E-state index contributed by atoms with van der Waals surface area (Å²) >= 11 is 0. The highest BCUT2D eigenvalue weighted by Gasteiger charge is 2.21. The Morgan fingerprint density at radius 2 is 1.23 bits per heavy atom. The third kappa shape index (κ3) is 40.9. The molecule has 10 nitrogen and oxygen atoms in total. The Kier molecular flexibility index (Phi) is 35.2. The van der Waals surface area contributed by atoms with Crippen molar-refractivity contribution in [1.82, 2.24) is 0 Å². The molecule has 0 bridgehead atoms. The van der Waals surface area contributed by atoms with Crippen molar-refractivity contribution in [3.05, 3.63) is 97.2 Å². The molecular formula is C46H76NO9P. The molecular weight excluding hydrogens is 741 g/mol. The van der Waals surface area contributed by atoms with Crippen molar-refractivity contribution in [3.8, 4) is 0 Å². The molecule has 0 fully saturated rings. The summed E-state index contributed by atoms with van der Waals surface area (Å²) in [6.07, 6.45) is 44.8. The molecule has 0 saturated heterocycles. The van der Waals surface area contributed by atoms with Gasteiger partial charge in [0.1, 0.15) is 19.8 Å². The van der Waals surface area contributed by atoms with E-state index in [1.807, 2.05) is 63.7 Å². The smallest absolute Gasteiger partial charge is 0.306 e. The summed E-state index contributed by atoms with van der Waals surface area (Å²) in [5.74, 6) is -1.000. The molecule has 0 aromatic heterocycles. The molecule has 0 heterocycles. The second-order valence-corrected chi connectivity index (χ2v) is 16.2. The Bertz CT molecular complexity index is 1310. The number of aliphatic hydroxyl groups excluding tert-OH is 1. The molecule has 3 atom stereocenters. The third-order valence-electron chi connectivity index (χ3n) is 8.17. The summed E-state index contributed by atoms with van der Waals surface area (Å²) in [5, 5.41) is 10.0. The first-order valence-corrected chi connectivity index (χ1v) is 22.5. The molecule has 0 aromatic carbocycles. The number of ether oxygens (including phenoxy) is 2. The normalized spacial score (nSPS) is 15.1. The second kappa shape index (κ2) is 37.2. The maximum atomic E-state index is 12.6. The fraction of sp³-hybridized carbons (Fsp3) is 0.609. The SMILES string of the molecule is CC/C=C\C/C=C\CC(O)/C=C/C=C\C/C=C\CCCC(=O)O[C@H](COC(=O)CCCC/C=C\C/C=C\C/C=C\CCCCC)COP(=O)([O-])OCC[N+](C)(C)C. The number of carbonyl (C=O) groups is 2. The van der Waals surface area contributed by atoms with Gasteiger partial charge < -0.3 is 33.0 Å². The van der Waals surface area contributed by atoms with Crippen molar-refractivity contribution in [1.29, 1.82) is 0 Å². The lowest BCUT2D eigenvalue weighted by molar-refractivity contribution is -0.870. The fourth-order valence-corrected chi connectivity index (χ4v) is 5.57. The van der Waals surface area contributed by atoms with Crippen molar-refractivity contribution in [2.24, 2.45) is 0 Å².